The molecule has 0 aromatic carbocycles. The third-order valence-corrected chi connectivity index (χ3v) is 4.32. The predicted molar refractivity (Wildman–Crippen MR) is 81.5 cm³/mol. The molecule has 1 aliphatic heterocycles. The van der Waals surface area contributed by atoms with Gasteiger partial charge >= 0.3 is 0 Å². The number of carbonyl (C=O) groups excluding carboxylic acids is 1. The summed E-state index contributed by atoms with van der Waals surface area (Å²) in [5, 5.41) is 11.9. The number of thiophene rings is 1. The molecule has 2 N–H and O–H groups in total. The minimum atomic E-state index is -0.137. The molecule has 0 unspecified atom stereocenters. The molecule has 0 spiro atoms. The Bertz CT molecular complexity index is 576. The fraction of sp³-hybridized carbons (Fsp3) is 0.429. The van der Waals surface area contributed by atoms with Crippen LogP contribution in [0.1, 0.15) is 10.5 Å². The van der Waals surface area contributed by atoms with Gasteiger partial charge in [-0.25, -0.2) is 0 Å². The lowest BCUT2D eigenvalue weighted by atomic mass is 10.3. The highest BCUT2D eigenvalue weighted by Gasteiger charge is 2.13. The number of H-pyrrole nitrogens is 1. The Labute approximate surface area is 127 Å². The number of nitrogens with one attached hydrogen (secondary N) is 2. The number of morpholine rings is 1. The lowest BCUT2D eigenvalue weighted by Crippen LogP contribution is -2.41. The van der Waals surface area contributed by atoms with E-state index < -0.39 is 0 Å². The van der Waals surface area contributed by atoms with Gasteiger partial charge in [-0.15, -0.1) is 11.3 Å². The molecule has 2 aromatic heterocycles. The summed E-state index contributed by atoms with van der Waals surface area (Å²) < 4.78 is 5.29. The van der Waals surface area contributed by atoms with Crippen molar-refractivity contribution in [2.75, 3.05) is 39.4 Å². The molecule has 6 nitrogen and oxygen atoms in total. The average molecular weight is 306 g/mol. The van der Waals surface area contributed by atoms with Crippen molar-refractivity contribution in [3.63, 3.8) is 0 Å². The number of hydrogen-bond donors (Lipinski definition) is 2. The van der Waals surface area contributed by atoms with Gasteiger partial charge in [0.15, 0.2) is 5.69 Å². The molecule has 1 saturated heterocycles. The van der Waals surface area contributed by atoms with Gasteiger partial charge in [0.05, 0.1) is 23.8 Å². The van der Waals surface area contributed by atoms with E-state index in [2.05, 4.69) is 20.4 Å². The highest BCUT2D eigenvalue weighted by molar-refractivity contribution is 7.13. The number of amides is 1. The van der Waals surface area contributed by atoms with Crippen LogP contribution in [-0.2, 0) is 4.74 Å². The van der Waals surface area contributed by atoms with Crippen LogP contribution in [0.15, 0.2) is 23.6 Å². The first-order chi connectivity index (χ1) is 10.3. The van der Waals surface area contributed by atoms with Crippen molar-refractivity contribution >= 4 is 17.2 Å². The van der Waals surface area contributed by atoms with Crippen molar-refractivity contribution in [3.05, 3.63) is 29.3 Å². The number of hydrogen-bond acceptors (Lipinski definition) is 5. The zero-order valence-electron chi connectivity index (χ0n) is 11.7. The number of rotatable bonds is 5. The Morgan fingerprint density at radius 3 is 3.10 bits per heavy atom. The van der Waals surface area contributed by atoms with E-state index in [0.717, 1.165) is 43.4 Å². The fourth-order valence-corrected chi connectivity index (χ4v) is 2.93. The van der Waals surface area contributed by atoms with Gasteiger partial charge in [0.1, 0.15) is 0 Å². The molecular weight excluding hydrogens is 288 g/mol. The molecule has 7 heteroatoms. The van der Waals surface area contributed by atoms with E-state index in [1.54, 1.807) is 17.4 Å². The number of aromatic nitrogens is 2. The van der Waals surface area contributed by atoms with E-state index in [1.807, 2.05) is 17.5 Å². The fourth-order valence-electron chi connectivity index (χ4n) is 2.24. The monoisotopic (exact) mass is 306 g/mol. The topological polar surface area (TPSA) is 70.2 Å². The maximum Gasteiger partial charge on any atom is 0.271 e. The lowest BCUT2D eigenvalue weighted by Gasteiger charge is -2.26. The van der Waals surface area contributed by atoms with Gasteiger partial charge < -0.3 is 10.1 Å². The number of aromatic amines is 1. The van der Waals surface area contributed by atoms with Crippen LogP contribution >= 0.6 is 11.3 Å². The Morgan fingerprint density at radius 1 is 1.48 bits per heavy atom. The van der Waals surface area contributed by atoms with Gasteiger partial charge in [0.25, 0.3) is 5.91 Å². The zero-order chi connectivity index (χ0) is 14.5. The smallest absolute Gasteiger partial charge is 0.271 e. The van der Waals surface area contributed by atoms with E-state index in [4.69, 9.17) is 4.74 Å². The Balaban J connectivity index is 1.49. The summed E-state index contributed by atoms with van der Waals surface area (Å²) in [6.45, 7) is 4.88. The van der Waals surface area contributed by atoms with Crippen molar-refractivity contribution in [1.29, 1.82) is 0 Å². The summed E-state index contributed by atoms with van der Waals surface area (Å²) >= 11 is 1.62. The third-order valence-electron chi connectivity index (χ3n) is 3.41. The molecule has 3 rings (SSSR count). The van der Waals surface area contributed by atoms with Gasteiger partial charge in [-0.3, -0.25) is 14.8 Å². The van der Waals surface area contributed by atoms with E-state index in [1.165, 1.54) is 0 Å². The molecule has 0 radical (unpaired) electrons. The van der Waals surface area contributed by atoms with E-state index in [0.29, 0.717) is 12.2 Å². The van der Waals surface area contributed by atoms with E-state index in [9.17, 15) is 4.79 Å². The van der Waals surface area contributed by atoms with Crippen LogP contribution in [0.5, 0.6) is 0 Å². The van der Waals surface area contributed by atoms with Gasteiger partial charge in [0.2, 0.25) is 0 Å². The normalized spacial score (nSPS) is 16.0. The molecule has 1 aliphatic rings. The molecule has 0 aliphatic carbocycles. The Hall–Kier alpha value is -1.70. The first-order valence-electron chi connectivity index (χ1n) is 7.00. The largest absolute Gasteiger partial charge is 0.379 e. The molecule has 21 heavy (non-hydrogen) atoms. The SMILES string of the molecule is O=C(NCCN1CCOCC1)c1cc(-c2cccs2)[nH]n1. The van der Waals surface area contributed by atoms with Crippen molar-refractivity contribution in [2.24, 2.45) is 0 Å². The van der Waals surface area contributed by atoms with Crippen LogP contribution < -0.4 is 5.32 Å². The van der Waals surface area contributed by atoms with Crippen molar-refractivity contribution in [1.82, 2.24) is 20.4 Å². The second kappa shape index (κ2) is 6.84. The standard InChI is InChI=1S/C14H18N4O2S/c19-14(15-3-4-18-5-7-20-8-6-18)12-10-11(16-17-12)13-2-1-9-21-13/h1-2,9-10H,3-8H2,(H,15,19)(H,16,17). The third kappa shape index (κ3) is 3.69. The number of ether oxygens (including phenoxy) is 1. The van der Waals surface area contributed by atoms with E-state index in [-0.39, 0.29) is 5.91 Å². The van der Waals surface area contributed by atoms with Crippen LogP contribution in [0.4, 0.5) is 0 Å². The van der Waals surface area contributed by atoms with Crippen molar-refractivity contribution in [3.8, 4) is 10.6 Å². The van der Waals surface area contributed by atoms with Crippen molar-refractivity contribution in [2.45, 2.75) is 0 Å². The zero-order valence-corrected chi connectivity index (χ0v) is 12.5. The summed E-state index contributed by atoms with van der Waals surface area (Å²) in [5.74, 6) is -0.137. The highest BCUT2D eigenvalue weighted by Crippen LogP contribution is 2.22. The maximum atomic E-state index is 12.0. The average Bonchev–Trinajstić information content (AvgIpc) is 3.19. The Kier molecular flexibility index (Phi) is 4.64. The number of nitrogens with zero attached hydrogens (tertiary/aromatic N) is 2. The minimum absolute atomic E-state index is 0.137. The van der Waals surface area contributed by atoms with Crippen LogP contribution in [0.2, 0.25) is 0 Å². The number of carbonyl (C=O) groups is 1. The molecule has 112 valence electrons. The molecule has 3 heterocycles. The first-order valence-corrected chi connectivity index (χ1v) is 7.88. The maximum absolute atomic E-state index is 12.0. The van der Waals surface area contributed by atoms with Crippen LogP contribution in [-0.4, -0.2) is 60.4 Å². The van der Waals surface area contributed by atoms with Gasteiger partial charge in [-0.1, -0.05) is 6.07 Å². The minimum Gasteiger partial charge on any atom is -0.379 e. The molecule has 0 bridgehead atoms. The first kappa shape index (κ1) is 14.2. The predicted octanol–water partition coefficient (Wildman–Crippen LogP) is 1.20. The van der Waals surface area contributed by atoms with Crippen LogP contribution in [0.25, 0.3) is 10.6 Å². The van der Waals surface area contributed by atoms with Crippen molar-refractivity contribution < 1.29 is 9.53 Å². The molecule has 0 saturated carbocycles. The van der Waals surface area contributed by atoms with Gasteiger partial charge in [-0.05, 0) is 17.5 Å². The second-order valence-electron chi connectivity index (χ2n) is 4.85. The van der Waals surface area contributed by atoms with E-state index >= 15 is 0 Å². The molecule has 1 fully saturated rings. The lowest BCUT2D eigenvalue weighted by molar-refractivity contribution is 0.0383. The van der Waals surface area contributed by atoms with Crippen LogP contribution in [0, 0.1) is 0 Å². The van der Waals surface area contributed by atoms with Crippen LogP contribution in [0.3, 0.4) is 0 Å². The summed E-state index contributed by atoms with van der Waals surface area (Å²) in [6.07, 6.45) is 0. The highest BCUT2D eigenvalue weighted by atomic mass is 32.1. The summed E-state index contributed by atoms with van der Waals surface area (Å²) in [6, 6.07) is 5.76. The van der Waals surface area contributed by atoms with Gasteiger partial charge in [0, 0.05) is 26.2 Å². The summed E-state index contributed by atoms with van der Waals surface area (Å²) in [7, 11) is 0. The molecule has 1 amide bonds. The molecular formula is C14H18N4O2S. The quantitative estimate of drug-likeness (QED) is 0.871. The molecule has 0 atom stereocenters. The second-order valence-corrected chi connectivity index (χ2v) is 5.80. The summed E-state index contributed by atoms with van der Waals surface area (Å²) in [5.41, 5.74) is 1.31. The summed E-state index contributed by atoms with van der Waals surface area (Å²) in [4.78, 5) is 15.4. The molecule has 2 aromatic rings. The Morgan fingerprint density at radius 2 is 2.33 bits per heavy atom. The van der Waals surface area contributed by atoms with Gasteiger partial charge in [-0.2, -0.15) is 5.10 Å².